The van der Waals surface area contributed by atoms with Crippen LogP contribution in [0.4, 0.5) is 15.0 Å². The van der Waals surface area contributed by atoms with Crippen LogP contribution in [0.1, 0.15) is 43.4 Å². The first-order valence-corrected chi connectivity index (χ1v) is 12.3. The monoisotopic (exact) mass is 507 g/mol. The predicted molar refractivity (Wildman–Crippen MR) is 127 cm³/mol. The Bertz CT molecular complexity index is 1210. The van der Waals surface area contributed by atoms with Gasteiger partial charge in [-0.25, -0.2) is 24.1 Å². The lowest BCUT2D eigenvalue weighted by molar-refractivity contribution is 0.102. The number of rotatable bonds is 4. The molecule has 4 heterocycles. The summed E-state index contributed by atoms with van der Waals surface area (Å²) in [6.45, 7) is 5.43. The van der Waals surface area contributed by atoms with E-state index in [9.17, 15) is 19.2 Å². The molecule has 0 aromatic carbocycles. The van der Waals surface area contributed by atoms with Gasteiger partial charge in [0.2, 0.25) is 5.88 Å². The van der Waals surface area contributed by atoms with E-state index in [0.717, 1.165) is 6.07 Å². The number of pyridine rings is 1. The average Bonchev–Trinajstić information content (AvgIpc) is 3.23. The summed E-state index contributed by atoms with van der Waals surface area (Å²) in [5.74, 6) is -1.06. The number of fused-ring (bicyclic) bond motifs is 1. The highest BCUT2D eigenvalue weighted by atomic mass is 32.3. The standard InChI is InChI=1S/C21H26FN7O5S/c1-20(2)18(28-19(31)32)29-21(3,13-7-8-25-35(13,20)33)16-11(22)5-6-14(26-16)27-17(30)12-9-24-15(34-4)10-23-12/h5-6,9-10,13,25,33H,7-8H2,1-4H3,(H,28,29)(H,31,32)(H,26,27,30)/t13-,21-/m0/s1. The molecule has 2 aromatic heterocycles. The Hall–Kier alpha value is -3.36. The van der Waals surface area contributed by atoms with Gasteiger partial charge >= 0.3 is 6.09 Å². The molecule has 12 nitrogen and oxygen atoms in total. The first kappa shape index (κ1) is 24.8. The van der Waals surface area contributed by atoms with Gasteiger partial charge in [-0.1, -0.05) is 10.5 Å². The van der Waals surface area contributed by atoms with E-state index >= 15 is 4.39 Å². The van der Waals surface area contributed by atoms with Crippen LogP contribution in [0.25, 0.3) is 0 Å². The van der Waals surface area contributed by atoms with Gasteiger partial charge in [0.15, 0.2) is 0 Å². The highest BCUT2D eigenvalue weighted by Crippen LogP contribution is 2.67. The molecule has 0 bridgehead atoms. The van der Waals surface area contributed by atoms with E-state index in [1.165, 1.54) is 25.6 Å². The molecule has 2 aliphatic heterocycles. The zero-order valence-electron chi connectivity index (χ0n) is 19.5. The van der Waals surface area contributed by atoms with Crippen molar-refractivity contribution in [1.29, 1.82) is 0 Å². The molecule has 0 radical (unpaired) electrons. The molecule has 0 spiro atoms. The molecule has 2 aliphatic rings. The maximum absolute atomic E-state index is 15.2. The number of nitrogens with zero attached hydrogens (tertiary/aromatic N) is 4. The van der Waals surface area contributed by atoms with Crippen LogP contribution in [0.5, 0.6) is 5.88 Å². The van der Waals surface area contributed by atoms with Crippen LogP contribution in [0, 0.1) is 5.82 Å². The van der Waals surface area contributed by atoms with Crippen molar-refractivity contribution in [3.63, 3.8) is 0 Å². The maximum atomic E-state index is 15.2. The normalized spacial score (nSPS) is 28.7. The van der Waals surface area contributed by atoms with Gasteiger partial charge < -0.3 is 19.7 Å². The molecule has 0 saturated carbocycles. The first-order valence-electron chi connectivity index (χ1n) is 10.7. The third-order valence-electron chi connectivity index (χ3n) is 6.32. The topological polar surface area (TPSA) is 171 Å². The number of carboxylic acid groups (broad SMARTS) is 1. The van der Waals surface area contributed by atoms with Crippen LogP contribution in [-0.4, -0.2) is 66.1 Å². The predicted octanol–water partition coefficient (Wildman–Crippen LogP) is 2.50. The number of carbonyl (C=O) groups excluding carboxylic acids is 1. The van der Waals surface area contributed by atoms with Crippen molar-refractivity contribution >= 4 is 34.1 Å². The second-order valence-corrected chi connectivity index (χ2v) is 11.9. The highest BCUT2D eigenvalue weighted by Gasteiger charge is 2.62. The van der Waals surface area contributed by atoms with Crippen LogP contribution in [-0.2, 0) is 5.54 Å². The van der Waals surface area contributed by atoms with Gasteiger partial charge in [0.25, 0.3) is 5.91 Å². The minimum Gasteiger partial charge on any atom is -0.480 e. The van der Waals surface area contributed by atoms with Crippen LogP contribution in [0.2, 0.25) is 0 Å². The summed E-state index contributed by atoms with van der Waals surface area (Å²) in [6.07, 6.45) is 1.62. The fourth-order valence-corrected chi connectivity index (χ4v) is 7.80. The molecule has 5 N–H and O–H groups in total. The minimum atomic E-state index is -2.71. The Morgan fingerprint density at radius 3 is 2.60 bits per heavy atom. The lowest BCUT2D eigenvalue weighted by atomic mass is 9.89. The van der Waals surface area contributed by atoms with Crippen molar-refractivity contribution in [3.8, 4) is 5.88 Å². The molecule has 1 unspecified atom stereocenters. The molecule has 14 heteroatoms. The number of aromatic nitrogens is 3. The summed E-state index contributed by atoms with van der Waals surface area (Å²) in [5.41, 5.74) is -1.56. The number of halogens is 1. The summed E-state index contributed by atoms with van der Waals surface area (Å²) >= 11 is 0. The van der Waals surface area contributed by atoms with Crippen molar-refractivity contribution in [2.45, 2.75) is 42.7 Å². The number of hydrogen-bond acceptors (Lipinski definition) is 9. The third kappa shape index (κ3) is 4.06. The molecule has 35 heavy (non-hydrogen) atoms. The quantitative estimate of drug-likeness (QED) is 0.417. The van der Waals surface area contributed by atoms with Crippen LogP contribution in [0.15, 0.2) is 29.5 Å². The van der Waals surface area contributed by atoms with Gasteiger partial charge in [-0.3, -0.25) is 19.8 Å². The summed E-state index contributed by atoms with van der Waals surface area (Å²) < 4.78 is 33.9. The Morgan fingerprint density at radius 1 is 1.23 bits per heavy atom. The van der Waals surface area contributed by atoms with E-state index in [2.05, 4.69) is 35.3 Å². The second kappa shape index (κ2) is 8.70. The molecule has 1 saturated heterocycles. The first-order chi connectivity index (χ1) is 16.4. The molecule has 188 valence electrons. The number of methoxy groups -OCH3 is 1. The molecule has 3 atom stereocenters. The van der Waals surface area contributed by atoms with E-state index in [1.807, 2.05) is 0 Å². The van der Waals surface area contributed by atoms with Crippen LogP contribution in [0.3, 0.4) is 0 Å². The SMILES string of the molecule is COc1cnc(C(=O)Nc2ccc(F)c([C@@]3(C)N=C(NC(=O)O)C(C)(C)S4(O)NCC[C@@H]34)n2)cn1. The maximum Gasteiger partial charge on any atom is 0.410 e. The number of amidine groups is 1. The fraction of sp³-hybridized carbons (Fsp3) is 0.429. The highest BCUT2D eigenvalue weighted by molar-refractivity contribution is 8.29. The minimum absolute atomic E-state index is 0.000189. The molecule has 1 fully saturated rings. The van der Waals surface area contributed by atoms with Gasteiger partial charge in [0.05, 0.1) is 29.5 Å². The van der Waals surface area contributed by atoms with Crippen molar-refractivity contribution in [3.05, 3.63) is 41.7 Å². The number of aliphatic imine (C=N–C) groups is 1. The summed E-state index contributed by atoms with van der Waals surface area (Å²) in [5, 5.41) is 13.6. The van der Waals surface area contributed by atoms with Gasteiger partial charge in [-0.2, -0.15) is 0 Å². The lowest BCUT2D eigenvalue weighted by Gasteiger charge is -2.56. The van der Waals surface area contributed by atoms with Gasteiger partial charge in [-0.15, -0.1) is 0 Å². The number of nitrogens with one attached hydrogen (secondary N) is 3. The fourth-order valence-electron chi connectivity index (χ4n) is 4.42. The number of ether oxygens (including phenoxy) is 1. The Balaban J connectivity index is 1.75. The Morgan fingerprint density at radius 2 is 1.97 bits per heavy atom. The second-order valence-electron chi connectivity index (χ2n) is 8.77. The van der Waals surface area contributed by atoms with Crippen molar-refractivity contribution in [2.75, 3.05) is 19.0 Å². The van der Waals surface area contributed by atoms with Gasteiger partial charge in [-0.05, 0) is 39.3 Å². The van der Waals surface area contributed by atoms with Crippen LogP contribution < -0.4 is 20.1 Å². The van der Waals surface area contributed by atoms with E-state index in [1.54, 1.807) is 20.8 Å². The molecule has 4 rings (SSSR count). The largest absolute Gasteiger partial charge is 0.480 e. The van der Waals surface area contributed by atoms with Gasteiger partial charge in [0, 0.05) is 6.54 Å². The number of amides is 2. The lowest BCUT2D eigenvalue weighted by Crippen LogP contribution is -2.59. The molecule has 0 aliphatic carbocycles. The van der Waals surface area contributed by atoms with E-state index in [0.29, 0.717) is 13.0 Å². The van der Waals surface area contributed by atoms with Crippen molar-refractivity contribution in [1.82, 2.24) is 25.0 Å². The van der Waals surface area contributed by atoms with Crippen LogP contribution >= 0.6 is 10.5 Å². The Kier molecular flexibility index (Phi) is 6.15. The van der Waals surface area contributed by atoms with E-state index < -0.39 is 43.8 Å². The average molecular weight is 508 g/mol. The molecular formula is C21H26FN7O5S. The summed E-state index contributed by atoms with van der Waals surface area (Å²) in [6, 6.07) is 2.43. The summed E-state index contributed by atoms with van der Waals surface area (Å²) in [4.78, 5) is 41.0. The van der Waals surface area contributed by atoms with E-state index in [4.69, 9.17) is 4.74 Å². The molecule has 2 amide bonds. The summed E-state index contributed by atoms with van der Waals surface area (Å²) in [7, 11) is -1.29. The number of hydrogen-bond donors (Lipinski definition) is 5. The van der Waals surface area contributed by atoms with Gasteiger partial charge in [0.1, 0.15) is 34.4 Å². The molecular weight excluding hydrogens is 481 g/mol. The van der Waals surface area contributed by atoms with E-state index in [-0.39, 0.29) is 28.9 Å². The number of carbonyl (C=O) groups is 2. The zero-order chi connectivity index (χ0) is 25.6. The third-order valence-corrected chi connectivity index (χ3v) is 10.2. The van der Waals surface area contributed by atoms with Crippen molar-refractivity contribution in [2.24, 2.45) is 4.99 Å². The molecule has 2 aromatic rings. The zero-order valence-corrected chi connectivity index (χ0v) is 20.3. The number of anilines is 1. The smallest absolute Gasteiger partial charge is 0.410 e. The van der Waals surface area contributed by atoms with Crippen molar-refractivity contribution < 1.29 is 28.4 Å². The Labute approximate surface area is 202 Å².